The molecule has 0 aliphatic carbocycles. The molecule has 0 atom stereocenters. The van der Waals surface area contributed by atoms with Crippen LogP contribution in [-0.4, -0.2) is 19.2 Å². The lowest BCUT2D eigenvalue weighted by Crippen LogP contribution is -2.19. The van der Waals surface area contributed by atoms with E-state index < -0.39 is 0 Å². The van der Waals surface area contributed by atoms with Gasteiger partial charge >= 0.3 is 5.56 Å². The Hall–Kier alpha value is -1.73. The van der Waals surface area contributed by atoms with Gasteiger partial charge in [0.05, 0.1) is 0 Å². The zero-order chi connectivity index (χ0) is 12.7. The molecule has 1 N–H and O–H groups in total. The maximum absolute atomic E-state index is 12.2. The summed E-state index contributed by atoms with van der Waals surface area (Å²) in [5, 5.41) is 6.52. The molecule has 3 rings (SSSR count). The number of benzene rings is 1. The minimum Gasteiger partial charge on any atom is -0.280 e. The molecular formula is C11H7BrN4OS. The van der Waals surface area contributed by atoms with Gasteiger partial charge in [-0.3, -0.25) is 18.9 Å². The molecule has 0 saturated carbocycles. The van der Waals surface area contributed by atoms with E-state index in [0.717, 1.165) is 10.2 Å². The van der Waals surface area contributed by atoms with Crippen LogP contribution in [0.4, 0.5) is 0 Å². The number of rotatable bonds is 1. The van der Waals surface area contributed by atoms with Crippen molar-refractivity contribution < 1.29 is 0 Å². The second-order valence-electron chi connectivity index (χ2n) is 3.67. The van der Waals surface area contributed by atoms with Crippen LogP contribution in [0.1, 0.15) is 0 Å². The molecule has 5 nitrogen and oxygen atoms in total. The molecule has 90 valence electrons. The topological polar surface area (TPSA) is 55.1 Å². The van der Waals surface area contributed by atoms with Gasteiger partial charge in [-0.25, -0.2) is 0 Å². The van der Waals surface area contributed by atoms with Gasteiger partial charge in [0.1, 0.15) is 0 Å². The van der Waals surface area contributed by atoms with E-state index in [1.54, 1.807) is 16.8 Å². The predicted octanol–water partition coefficient (Wildman–Crippen LogP) is 2.31. The molecule has 18 heavy (non-hydrogen) atoms. The summed E-state index contributed by atoms with van der Waals surface area (Å²) in [5.41, 5.74) is 0.845. The number of aromatic amines is 1. The number of nitrogens with one attached hydrogen (secondary N) is 1. The Morgan fingerprint density at radius 2 is 1.94 bits per heavy atom. The largest absolute Gasteiger partial charge is 0.300 e. The maximum atomic E-state index is 12.2. The fourth-order valence-electron chi connectivity index (χ4n) is 1.71. The Kier molecular flexibility index (Phi) is 2.64. The Labute approximate surface area is 115 Å². The molecule has 3 aromatic rings. The van der Waals surface area contributed by atoms with E-state index >= 15 is 0 Å². The lowest BCUT2D eigenvalue weighted by Gasteiger charge is -2.05. The summed E-state index contributed by atoms with van der Waals surface area (Å²) in [7, 11) is 0. The molecule has 0 saturated heterocycles. The van der Waals surface area contributed by atoms with Crippen molar-refractivity contribution in [3.8, 4) is 5.69 Å². The number of nitrogens with zero attached hydrogens (tertiary/aromatic N) is 3. The van der Waals surface area contributed by atoms with Crippen molar-refractivity contribution >= 4 is 33.8 Å². The molecule has 2 heterocycles. The molecule has 0 fully saturated rings. The monoisotopic (exact) mass is 322 g/mol. The highest BCUT2D eigenvalue weighted by atomic mass is 79.9. The number of halogens is 1. The van der Waals surface area contributed by atoms with Crippen LogP contribution in [0.5, 0.6) is 0 Å². The lowest BCUT2D eigenvalue weighted by atomic mass is 10.3. The summed E-state index contributed by atoms with van der Waals surface area (Å²) < 4.78 is 4.44. The molecule has 0 aliphatic rings. The van der Waals surface area contributed by atoms with E-state index in [0.29, 0.717) is 4.77 Å². The molecular weight excluding hydrogens is 316 g/mol. The predicted molar refractivity (Wildman–Crippen MR) is 73.7 cm³/mol. The average Bonchev–Trinajstić information content (AvgIpc) is 2.74. The van der Waals surface area contributed by atoms with E-state index in [9.17, 15) is 4.79 Å². The Morgan fingerprint density at radius 1 is 1.22 bits per heavy atom. The van der Waals surface area contributed by atoms with Crippen molar-refractivity contribution in [1.29, 1.82) is 0 Å². The first-order valence-electron chi connectivity index (χ1n) is 5.11. The summed E-state index contributed by atoms with van der Waals surface area (Å²) >= 11 is 8.37. The van der Waals surface area contributed by atoms with E-state index in [-0.39, 0.29) is 11.2 Å². The lowest BCUT2D eigenvalue weighted by molar-refractivity contribution is 0.947. The van der Waals surface area contributed by atoms with Crippen LogP contribution in [0.3, 0.4) is 0 Å². The minimum absolute atomic E-state index is 0.216. The second-order valence-corrected chi connectivity index (χ2v) is 4.97. The minimum atomic E-state index is -0.216. The summed E-state index contributed by atoms with van der Waals surface area (Å²) in [6.45, 7) is 0. The van der Waals surface area contributed by atoms with Crippen molar-refractivity contribution in [2.75, 3.05) is 0 Å². The van der Waals surface area contributed by atoms with Gasteiger partial charge < -0.3 is 0 Å². The van der Waals surface area contributed by atoms with Crippen LogP contribution < -0.4 is 5.56 Å². The van der Waals surface area contributed by atoms with Crippen molar-refractivity contribution in [3.05, 3.63) is 56.3 Å². The molecule has 7 heteroatoms. The van der Waals surface area contributed by atoms with Crippen molar-refractivity contribution in [2.45, 2.75) is 0 Å². The van der Waals surface area contributed by atoms with Crippen LogP contribution in [0.2, 0.25) is 0 Å². The molecule has 0 bridgehead atoms. The van der Waals surface area contributed by atoms with E-state index in [2.05, 4.69) is 26.1 Å². The van der Waals surface area contributed by atoms with Crippen LogP contribution in [0, 0.1) is 4.77 Å². The van der Waals surface area contributed by atoms with Gasteiger partial charge in [0.15, 0.2) is 4.77 Å². The fraction of sp³-hybridized carbons (Fsp3) is 0. The van der Waals surface area contributed by atoms with Crippen molar-refractivity contribution in [1.82, 2.24) is 19.2 Å². The smallest absolute Gasteiger partial charge is 0.280 e. The first kappa shape index (κ1) is 11.4. The van der Waals surface area contributed by atoms with Crippen molar-refractivity contribution in [3.63, 3.8) is 0 Å². The van der Waals surface area contributed by atoms with E-state index in [1.165, 1.54) is 4.57 Å². The molecule has 1 aromatic carbocycles. The Morgan fingerprint density at radius 3 is 2.67 bits per heavy atom. The average molecular weight is 323 g/mol. The zero-order valence-corrected chi connectivity index (χ0v) is 11.4. The van der Waals surface area contributed by atoms with Gasteiger partial charge in [0.25, 0.3) is 0 Å². The summed E-state index contributed by atoms with van der Waals surface area (Å²) in [6.07, 6.45) is 3.38. The van der Waals surface area contributed by atoms with E-state index in [1.807, 2.05) is 24.3 Å². The molecule has 0 aliphatic heterocycles. The summed E-state index contributed by atoms with van der Waals surface area (Å²) in [6, 6.07) is 7.46. The highest BCUT2D eigenvalue weighted by Gasteiger charge is 2.06. The van der Waals surface area contributed by atoms with Gasteiger partial charge in [0.2, 0.25) is 5.65 Å². The van der Waals surface area contributed by atoms with Crippen LogP contribution in [0.25, 0.3) is 11.3 Å². The van der Waals surface area contributed by atoms with Gasteiger partial charge in [-0.05, 0) is 36.5 Å². The third kappa shape index (κ3) is 1.72. The van der Waals surface area contributed by atoms with Gasteiger partial charge in [-0.15, -0.1) is 5.10 Å². The molecule has 0 spiro atoms. The Balaban J connectivity index is 2.30. The maximum Gasteiger partial charge on any atom is 0.300 e. The number of hydrogen-bond donors (Lipinski definition) is 1. The SMILES string of the molecule is O=c1c2n[nH]c(=S)n2ccn1-c1ccc(Br)cc1. The molecule has 0 radical (unpaired) electrons. The summed E-state index contributed by atoms with van der Waals surface area (Å²) in [4.78, 5) is 12.2. The van der Waals surface area contributed by atoms with Crippen molar-refractivity contribution in [2.24, 2.45) is 0 Å². The number of aromatic nitrogens is 4. The zero-order valence-electron chi connectivity index (χ0n) is 9.00. The first-order chi connectivity index (χ1) is 8.66. The third-order valence-corrected chi connectivity index (χ3v) is 3.40. The third-order valence-electron chi connectivity index (χ3n) is 2.58. The normalized spacial score (nSPS) is 10.9. The quantitative estimate of drug-likeness (QED) is 0.699. The first-order valence-corrected chi connectivity index (χ1v) is 6.31. The van der Waals surface area contributed by atoms with Crippen LogP contribution in [-0.2, 0) is 0 Å². The molecule has 0 amide bonds. The number of H-pyrrole nitrogens is 1. The highest BCUT2D eigenvalue weighted by Crippen LogP contribution is 2.12. The van der Waals surface area contributed by atoms with Crippen LogP contribution >= 0.6 is 28.1 Å². The van der Waals surface area contributed by atoms with Gasteiger partial charge in [-0.1, -0.05) is 15.9 Å². The Bertz CT molecular complexity index is 831. The molecule has 2 aromatic heterocycles. The summed E-state index contributed by atoms with van der Waals surface area (Å²) in [5.74, 6) is 0. The number of fused-ring (bicyclic) bond motifs is 1. The van der Waals surface area contributed by atoms with Crippen LogP contribution in [0.15, 0.2) is 45.9 Å². The second kappa shape index (κ2) is 4.18. The van der Waals surface area contributed by atoms with Gasteiger partial charge in [0, 0.05) is 22.6 Å². The fourth-order valence-corrected chi connectivity index (χ4v) is 2.16. The van der Waals surface area contributed by atoms with E-state index in [4.69, 9.17) is 12.2 Å². The number of hydrogen-bond acceptors (Lipinski definition) is 3. The molecule has 0 unspecified atom stereocenters. The standard InChI is InChI=1S/C11H7BrN4OS/c12-7-1-3-8(4-2-7)15-5-6-16-9(10(15)17)13-14-11(16)18/h1-6H,(H,14,18). The highest BCUT2D eigenvalue weighted by molar-refractivity contribution is 9.10. The van der Waals surface area contributed by atoms with Gasteiger partial charge in [-0.2, -0.15) is 0 Å².